The van der Waals surface area contributed by atoms with E-state index < -0.39 is 12.0 Å². The molecule has 0 aliphatic carbocycles. The Morgan fingerprint density at radius 1 is 1.17 bits per heavy atom. The first-order chi connectivity index (χ1) is 14.4. The number of benzene rings is 1. The largest absolute Gasteiger partial charge is 0.481 e. The highest BCUT2D eigenvalue weighted by Gasteiger charge is 2.18. The van der Waals surface area contributed by atoms with Crippen LogP contribution in [0.1, 0.15) is 66.1 Å². The fraction of sp³-hybridized carbons (Fsp3) is 0.458. The molecular formula is C24H31N3O3. The van der Waals surface area contributed by atoms with Crippen LogP contribution in [0.15, 0.2) is 30.3 Å². The minimum atomic E-state index is -0.925. The summed E-state index contributed by atoms with van der Waals surface area (Å²) in [5.41, 5.74) is 5.39. The zero-order valence-electron chi connectivity index (χ0n) is 17.8. The Morgan fingerprint density at radius 3 is 2.77 bits per heavy atom. The topological polar surface area (TPSA) is 91.3 Å². The molecule has 1 unspecified atom stereocenters. The zero-order chi connectivity index (χ0) is 21.5. The molecule has 0 bridgehead atoms. The maximum Gasteiger partial charge on any atom is 0.305 e. The summed E-state index contributed by atoms with van der Waals surface area (Å²) in [6.45, 7) is 4.97. The summed E-state index contributed by atoms with van der Waals surface area (Å²) in [5, 5.41) is 15.5. The van der Waals surface area contributed by atoms with E-state index in [1.807, 2.05) is 32.0 Å². The Morgan fingerprint density at radius 2 is 2.00 bits per heavy atom. The van der Waals surface area contributed by atoms with E-state index in [2.05, 4.69) is 27.8 Å². The molecule has 0 radical (unpaired) electrons. The quantitative estimate of drug-likeness (QED) is 0.542. The number of aliphatic carboxylic acids is 1. The summed E-state index contributed by atoms with van der Waals surface area (Å²) in [4.78, 5) is 28.4. The predicted octanol–water partition coefficient (Wildman–Crippen LogP) is 4.10. The molecule has 1 amide bonds. The van der Waals surface area contributed by atoms with E-state index in [4.69, 9.17) is 0 Å². The van der Waals surface area contributed by atoms with Gasteiger partial charge in [0.25, 0.3) is 0 Å². The SMILES string of the molecule is Cc1ccc(C(CC(=O)O)NC(=O)CCCCc2ccc3c(n2)NCCC3)cc1C. The molecular weight excluding hydrogens is 378 g/mol. The van der Waals surface area contributed by atoms with Gasteiger partial charge >= 0.3 is 5.97 Å². The van der Waals surface area contributed by atoms with Crippen molar-refractivity contribution in [3.8, 4) is 0 Å². The molecule has 1 aromatic heterocycles. The number of pyridine rings is 1. The van der Waals surface area contributed by atoms with E-state index in [1.54, 1.807) is 0 Å². The van der Waals surface area contributed by atoms with Gasteiger partial charge in [-0.25, -0.2) is 4.98 Å². The highest BCUT2D eigenvalue weighted by atomic mass is 16.4. The van der Waals surface area contributed by atoms with Gasteiger partial charge in [-0.2, -0.15) is 0 Å². The van der Waals surface area contributed by atoms with Crippen LogP contribution in [0.5, 0.6) is 0 Å². The normalized spacial score (nSPS) is 13.8. The molecule has 0 spiro atoms. The molecule has 160 valence electrons. The molecule has 1 aliphatic heterocycles. The molecule has 2 aromatic rings. The van der Waals surface area contributed by atoms with Crippen molar-refractivity contribution in [1.29, 1.82) is 0 Å². The Hall–Kier alpha value is -2.89. The molecule has 2 heterocycles. The third-order valence-corrected chi connectivity index (χ3v) is 5.69. The Labute approximate surface area is 178 Å². The molecule has 3 rings (SSSR count). The molecule has 30 heavy (non-hydrogen) atoms. The second-order valence-corrected chi connectivity index (χ2v) is 8.11. The summed E-state index contributed by atoms with van der Waals surface area (Å²) in [7, 11) is 0. The summed E-state index contributed by atoms with van der Waals surface area (Å²) >= 11 is 0. The van der Waals surface area contributed by atoms with Gasteiger partial charge in [-0.05, 0) is 74.3 Å². The van der Waals surface area contributed by atoms with Crippen molar-refractivity contribution in [2.45, 2.75) is 64.8 Å². The zero-order valence-corrected chi connectivity index (χ0v) is 17.8. The number of aromatic nitrogens is 1. The van der Waals surface area contributed by atoms with Crippen LogP contribution in [-0.2, 0) is 22.4 Å². The van der Waals surface area contributed by atoms with Gasteiger partial charge in [0.1, 0.15) is 5.82 Å². The maximum absolute atomic E-state index is 12.4. The number of carbonyl (C=O) groups excluding carboxylic acids is 1. The van der Waals surface area contributed by atoms with Gasteiger partial charge in [-0.1, -0.05) is 24.3 Å². The van der Waals surface area contributed by atoms with Crippen molar-refractivity contribution in [3.05, 3.63) is 58.3 Å². The second-order valence-electron chi connectivity index (χ2n) is 8.11. The lowest BCUT2D eigenvalue weighted by molar-refractivity contribution is -0.137. The first kappa shape index (κ1) is 21.8. The van der Waals surface area contributed by atoms with E-state index in [0.29, 0.717) is 6.42 Å². The van der Waals surface area contributed by atoms with E-state index >= 15 is 0 Å². The van der Waals surface area contributed by atoms with Crippen LogP contribution >= 0.6 is 0 Å². The van der Waals surface area contributed by atoms with Gasteiger partial charge in [0, 0.05) is 18.7 Å². The number of carboxylic acids is 1. The molecule has 6 nitrogen and oxygen atoms in total. The molecule has 1 aromatic carbocycles. The lowest BCUT2D eigenvalue weighted by atomic mass is 9.98. The van der Waals surface area contributed by atoms with Crippen molar-refractivity contribution in [3.63, 3.8) is 0 Å². The average Bonchev–Trinajstić information content (AvgIpc) is 2.72. The standard InChI is InChI=1S/C24H31N3O3/c1-16-9-10-19(14-17(16)2)21(15-23(29)30)27-22(28)8-4-3-7-20-12-11-18-6-5-13-25-24(18)26-20/h9-12,14,21H,3-8,13,15H2,1-2H3,(H,25,26)(H,27,28)(H,29,30). The van der Waals surface area contributed by atoms with Crippen LogP contribution in [0.4, 0.5) is 5.82 Å². The van der Waals surface area contributed by atoms with Crippen LogP contribution < -0.4 is 10.6 Å². The number of fused-ring (bicyclic) bond motifs is 1. The van der Waals surface area contributed by atoms with E-state index in [-0.39, 0.29) is 12.3 Å². The third kappa shape index (κ3) is 6.05. The van der Waals surface area contributed by atoms with E-state index in [0.717, 1.165) is 66.9 Å². The number of nitrogens with one attached hydrogen (secondary N) is 2. The van der Waals surface area contributed by atoms with Crippen molar-refractivity contribution in [2.24, 2.45) is 0 Å². The highest BCUT2D eigenvalue weighted by Crippen LogP contribution is 2.22. The lowest BCUT2D eigenvalue weighted by Gasteiger charge is -2.19. The maximum atomic E-state index is 12.4. The van der Waals surface area contributed by atoms with Crippen molar-refractivity contribution in [2.75, 3.05) is 11.9 Å². The number of hydrogen-bond acceptors (Lipinski definition) is 4. The smallest absolute Gasteiger partial charge is 0.305 e. The monoisotopic (exact) mass is 409 g/mol. The molecule has 3 N–H and O–H groups in total. The van der Waals surface area contributed by atoms with Crippen molar-refractivity contribution in [1.82, 2.24) is 10.3 Å². The van der Waals surface area contributed by atoms with Crippen molar-refractivity contribution < 1.29 is 14.7 Å². The Balaban J connectivity index is 1.49. The number of carboxylic acid groups (broad SMARTS) is 1. The first-order valence-electron chi connectivity index (χ1n) is 10.7. The highest BCUT2D eigenvalue weighted by molar-refractivity contribution is 5.77. The van der Waals surface area contributed by atoms with E-state index in [9.17, 15) is 14.7 Å². The first-order valence-corrected chi connectivity index (χ1v) is 10.7. The molecule has 1 aliphatic rings. The molecule has 0 saturated carbocycles. The van der Waals surface area contributed by atoms with Gasteiger partial charge in [0.15, 0.2) is 0 Å². The third-order valence-electron chi connectivity index (χ3n) is 5.69. The van der Waals surface area contributed by atoms with Crippen LogP contribution in [0.25, 0.3) is 0 Å². The summed E-state index contributed by atoms with van der Waals surface area (Å²) in [6.07, 6.45) is 4.92. The van der Waals surface area contributed by atoms with E-state index in [1.165, 1.54) is 5.56 Å². The predicted molar refractivity (Wildman–Crippen MR) is 118 cm³/mol. The van der Waals surface area contributed by atoms with Gasteiger partial charge in [0.05, 0.1) is 12.5 Å². The number of nitrogens with zero attached hydrogens (tertiary/aromatic N) is 1. The van der Waals surface area contributed by atoms with Crippen LogP contribution in [0.2, 0.25) is 0 Å². The number of hydrogen-bond donors (Lipinski definition) is 3. The number of aryl methyl sites for hydroxylation is 4. The fourth-order valence-corrected chi connectivity index (χ4v) is 3.77. The number of anilines is 1. The average molecular weight is 410 g/mol. The fourth-order valence-electron chi connectivity index (χ4n) is 3.77. The number of amides is 1. The summed E-state index contributed by atoms with van der Waals surface area (Å²) in [5.74, 6) is -0.0356. The molecule has 6 heteroatoms. The van der Waals surface area contributed by atoms with Crippen LogP contribution in [0, 0.1) is 13.8 Å². The van der Waals surface area contributed by atoms with Gasteiger partial charge in [-0.3, -0.25) is 9.59 Å². The van der Waals surface area contributed by atoms with Crippen LogP contribution in [-0.4, -0.2) is 28.5 Å². The minimum Gasteiger partial charge on any atom is -0.481 e. The second kappa shape index (κ2) is 10.2. The van der Waals surface area contributed by atoms with Crippen LogP contribution in [0.3, 0.4) is 0 Å². The van der Waals surface area contributed by atoms with Crippen molar-refractivity contribution >= 4 is 17.7 Å². The molecule has 0 saturated heterocycles. The number of unbranched alkanes of at least 4 members (excludes halogenated alkanes) is 1. The lowest BCUT2D eigenvalue weighted by Crippen LogP contribution is -2.30. The summed E-state index contributed by atoms with van der Waals surface area (Å²) in [6, 6.07) is 9.53. The number of rotatable bonds is 9. The van der Waals surface area contributed by atoms with Gasteiger partial charge < -0.3 is 15.7 Å². The minimum absolute atomic E-state index is 0.112. The number of carbonyl (C=O) groups is 2. The molecule has 0 fully saturated rings. The Kier molecular flexibility index (Phi) is 7.44. The van der Waals surface area contributed by atoms with Gasteiger partial charge in [0.2, 0.25) is 5.91 Å². The molecule has 1 atom stereocenters. The van der Waals surface area contributed by atoms with Gasteiger partial charge in [-0.15, -0.1) is 0 Å². The Bertz CT molecular complexity index is 911. The summed E-state index contributed by atoms with van der Waals surface area (Å²) < 4.78 is 0.